The zero-order valence-electron chi connectivity index (χ0n) is 10.8. The highest BCUT2D eigenvalue weighted by molar-refractivity contribution is 6.08. The van der Waals surface area contributed by atoms with Gasteiger partial charge in [0.15, 0.2) is 0 Å². The number of rotatable bonds is 2. The van der Waals surface area contributed by atoms with Crippen LogP contribution in [-0.2, 0) is 0 Å². The van der Waals surface area contributed by atoms with Crippen LogP contribution in [-0.4, -0.2) is 5.91 Å². The molecule has 0 aliphatic heterocycles. The zero-order chi connectivity index (χ0) is 14.0. The van der Waals surface area contributed by atoms with Crippen molar-refractivity contribution < 1.29 is 9.18 Å². The van der Waals surface area contributed by atoms with E-state index in [4.69, 9.17) is 5.73 Å². The van der Waals surface area contributed by atoms with Crippen LogP contribution in [0.5, 0.6) is 0 Å². The monoisotopic (exact) mass is 258 g/mol. The molecule has 2 rings (SSSR count). The van der Waals surface area contributed by atoms with Crippen molar-refractivity contribution in [3.63, 3.8) is 0 Å². The van der Waals surface area contributed by atoms with E-state index < -0.39 is 0 Å². The maximum Gasteiger partial charge on any atom is 0.258 e. The Morgan fingerprint density at radius 1 is 1.16 bits per heavy atom. The highest BCUT2D eigenvalue weighted by Gasteiger charge is 2.13. The third kappa shape index (κ3) is 2.73. The molecule has 0 radical (unpaired) electrons. The summed E-state index contributed by atoms with van der Waals surface area (Å²) in [6.45, 7) is 3.47. The van der Waals surface area contributed by atoms with Gasteiger partial charge in [-0.3, -0.25) is 4.79 Å². The average Bonchev–Trinajstić information content (AvgIpc) is 2.33. The molecule has 2 aromatic carbocycles. The van der Waals surface area contributed by atoms with Gasteiger partial charge < -0.3 is 11.1 Å². The Bertz CT molecular complexity index is 618. The first-order chi connectivity index (χ1) is 8.99. The topological polar surface area (TPSA) is 55.1 Å². The number of carbonyl (C=O) groups excluding carboxylic acids is 1. The van der Waals surface area contributed by atoms with Gasteiger partial charge in [-0.25, -0.2) is 4.39 Å². The second-order valence-corrected chi connectivity index (χ2v) is 4.46. The van der Waals surface area contributed by atoms with E-state index in [1.54, 1.807) is 25.1 Å². The highest BCUT2D eigenvalue weighted by atomic mass is 19.1. The molecule has 0 saturated heterocycles. The van der Waals surface area contributed by atoms with Crippen molar-refractivity contribution in [3.05, 3.63) is 58.9 Å². The van der Waals surface area contributed by atoms with Gasteiger partial charge in [0.2, 0.25) is 0 Å². The van der Waals surface area contributed by atoms with Gasteiger partial charge in [0.1, 0.15) is 5.82 Å². The number of hydrogen-bond acceptors (Lipinski definition) is 2. The molecule has 0 unspecified atom stereocenters. The minimum absolute atomic E-state index is 0.290. The summed E-state index contributed by atoms with van der Waals surface area (Å²) < 4.78 is 13.2. The lowest BCUT2D eigenvalue weighted by Gasteiger charge is -2.10. The molecule has 0 spiro atoms. The summed E-state index contributed by atoms with van der Waals surface area (Å²) in [6.07, 6.45) is 0. The largest absolute Gasteiger partial charge is 0.398 e. The molecule has 0 aliphatic carbocycles. The van der Waals surface area contributed by atoms with Crippen molar-refractivity contribution in [3.8, 4) is 0 Å². The third-order valence-electron chi connectivity index (χ3n) is 2.95. The van der Waals surface area contributed by atoms with Crippen LogP contribution >= 0.6 is 0 Å². The molecular weight excluding hydrogens is 243 g/mol. The quantitative estimate of drug-likeness (QED) is 0.812. The fourth-order valence-electron chi connectivity index (χ4n) is 1.92. The smallest absolute Gasteiger partial charge is 0.258 e. The molecule has 98 valence electrons. The highest BCUT2D eigenvalue weighted by Crippen LogP contribution is 2.19. The van der Waals surface area contributed by atoms with Crippen LogP contribution in [0.2, 0.25) is 0 Å². The van der Waals surface area contributed by atoms with E-state index in [1.165, 1.54) is 12.1 Å². The zero-order valence-corrected chi connectivity index (χ0v) is 10.8. The van der Waals surface area contributed by atoms with Gasteiger partial charge in [-0.05, 0) is 49.2 Å². The first-order valence-electron chi connectivity index (χ1n) is 5.91. The lowest BCUT2D eigenvalue weighted by atomic mass is 10.1. The van der Waals surface area contributed by atoms with Crippen molar-refractivity contribution in [2.75, 3.05) is 11.1 Å². The number of nitrogens with two attached hydrogens (primary N) is 1. The number of amides is 1. The van der Waals surface area contributed by atoms with E-state index in [2.05, 4.69) is 5.32 Å². The molecule has 0 bridgehead atoms. The van der Waals surface area contributed by atoms with Gasteiger partial charge in [-0.2, -0.15) is 0 Å². The van der Waals surface area contributed by atoms with Crippen LogP contribution in [0.4, 0.5) is 15.8 Å². The molecule has 3 nitrogen and oxygen atoms in total. The van der Waals surface area contributed by atoms with Gasteiger partial charge >= 0.3 is 0 Å². The predicted molar refractivity (Wildman–Crippen MR) is 74.7 cm³/mol. The van der Waals surface area contributed by atoms with E-state index in [0.717, 1.165) is 5.56 Å². The lowest BCUT2D eigenvalue weighted by molar-refractivity contribution is 0.102. The Kier molecular flexibility index (Phi) is 3.51. The first kappa shape index (κ1) is 13.1. The number of benzene rings is 2. The van der Waals surface area contributed by atoms with Crippen LogP contribution in [0, 0.1) is 19.7 Å². The molecule has 1 amide bonds. The Hall–Kier alpha value is -2.36. The normalized spacial score (nSPS) is 10.3. The molecule has 0 heterocycles. The van der Waals surface area contributed by atoms with E-state index in [9.17, 15) is 9.18 Å². The third-order valence-corrected chi connectivity index (χ3v) is 2.95. The summed E-state index contributed by atoms with van der Waals surface area (Å²) in [5.41, 5.74) is 8.52. The molecule has 4 heteroatoms. The van der Waals surface area contributed by atoms with Crippen LogP contribution in [0.3, 0.4) is 0 Å². The van der Waals surface area contributed by atoms with E-state index in [1.807, 2.05) is 13.0 Å². The molecule has 0 saturated carbocycles. The summed E-state index contributed by atoms with van der Waals surface area (Å²) >= 11 is 0. The molecule has 0 atom stereocenters. The standard InChI is InChI=1S/C15H15FN2O/c1-9-4-3-5-13(17)14(9)15(19)18-11-6-7-12(16)10(2)8-11/h3-8H,17H2,1-2H3,(H,18,19). The minimum atomic E-state index is -0.298. The number of hydrogen-bond donors (Lipinski definition) is 2. The maximum absolute atomic E-state index is 13.2. The van der Waals surface area contributed by atoms with Crippen molar-refractivity contribution >= 4 is 17.3 Å². The van der Waals surface area contributed by atoms with E-state index in [0.29, 0.717) is 22.5 Å². The summed E-state index contributed by atoms with van der Waals surface area (Å²) in [4.78, 5) is 12.2. The fourth-order valence-corrected chi connectivity index (χ4v) is 1.92. The molecule has 19 heavy (non-hydrogen) atoms. The second-order valence-electron chi connectivity index (χ2n) is 4.46. The SMILES string of the molecule is Cc1cc(NC(=O)c2c(C)cccc2N)ccc1F. The van der Waals surface area contributed by atoms with E-state index in [-0.39, 0.29) is 11.7 Å². The number of halogens is 1. The van der Waals surface area contributed by atoms with Gasteiger partial charge in [0.05, 0.1) is 5.56 Å². The van der Waals surface area contributed by atoms with Crippen LogP contribution in [0.15, 0.2) is 36.4 Å². The molecule has 3 N–H and O–H groups in total. The van der Waals surface area contributed by atoms with Crippen LogP contribution in [0.1, 0.15) is 21.5 Å². The van der Waals surface area contributed by atoms with Crippen LogP contribution in [0.25, 0.3) is 0 Å². The Morgan fingerprint density at radius 2 is 1.89 bits per heavy atom. The summed E-state index contributed by atoms with van der Waals surface area (Å²) in [7, 11) is 0. The molecule has 0 aliphatic rings. The summed E-state index contributed by atoms with van der Waals surface area (Å²) in [5.74, 6) is -0.588. The minimum Gasteiger partial charge on any atom is -0.398 e. The number of nitrogens with one attached hydrogen (secondary N) is 1. The Labute approximate surface area is 111 Å². The van der Waals surface area contributed by atoms with Crippen molar-refractivity contribution in [2.45, 2.75) is 13.8 Å². The van der Waals surface area contributed by atoms with Crippen molar-refractivity contribution in [1.82, 2.24) is 0 Å². The van der Waals surface area contributed by atoms with Crippen LogP contribution < -0.4 is 11.1 Å². The Balaban J connectivity index is 2.28. The van der Waals surface area contributed by atoms with Crippen molar-refractivity contribution in [1.29, 1.82) is 0 Å². The van der Waals surface area contributed by atoms with Crippen molar-refractivity contribution in [2.24, 2.45) is 0 Å². The van der Waals surface area contributed by atoms with Gasteiger partial charge in [-0.1, -0.05) is 12.1 Å². The Morgan fingerprint density at radius 3 is 2.53 bits per heavy atom. The van der Waals surface area contributed by atoms with Gasteiger partial charge in [-0.15, -0.1) is 0 Å². The van der Waals surface area contributed by atoms with E-state index >= 15 is 0 Å². The lowest BCUT2D eigenvalue weighted by Crippen LogP contribution is -2.15. The molecule has 2 aromatic rings. The fraction of sp³-hybridized carbons (Fsp3) is 0.133. The molecule has 0 fully saturated rings. The average molecular weight is 258 g/mol. The first-order valence-corrected chi connectivity index (χ1v) is 5.91. The summed E-state index contributed by atoms with van der Waals surface area (Å²) in [5, 5.41) is 2.72. The summed E-state index contributed by atoms with van der Waals surface area (Å²) in [6, 6.07) is 9.73. The molecular formula is C15H15FN2O. The number of aryl methyl sites for hydroxylation is 2. The number of carbonyl (C=O) groups is 1. The van der Waals surface area contributed by atoms with Gasteiger partial charge in [0.25, 0.3) is 5.91 Å². The second kappa shape index (κ2) is 5.10. The maximum atomic E-state index is 13.2. The number of nitrogen functional groups attached to an aromatic ring is 1. The van der Waals surface area contributed by atoms with Gasteiger partial charge in [0, 0.05) is 11.4 Å². The molecule has 0 aromatic heterocycles. The predicted octanol–water partition coefficient (Wildman–Crippen LogP) is 3.28. The number of anilines is 2.